The van der Waals surface area contributed by atoms with Crippen LogP contribution in [0.15, 0.2) is 30.1 Å². The molecule has 1 aromatic heterocycles. The molecule has 4 nitrogen and oxygen atoms in total. The minimum absolute atomic E-state index is 0.403. The first-order chi connectivity index (χ1) is 8.67. The number of unbranched alkanes of at least 4 members (excludes halogenated alkanes) is 1. The summed E-state index contributed by atoms with van der Waals surface area (Å²) in [7, 11) is 0. The number of hydrogen-bond donors (Lipinski definition) is 0. The SMILES string of the molecule is CCCC[n+]1ccc(C)cc1.N#CC(=C=[N-])C#N. The highest BCUT2D eigenvalue weighted by molar-refractivity contribution is 5.71. The van der Waals surface area contributed by atoms with Crippen molar-refractivity contribution in [3.8, 4) is 12.1 Å². The molecule has 0 fully saturated rings. The van der Waals surface area contributed by atoms with E-state index < -0.39 is 5.57 Å². The molecule has 18 heavy (non-hydrogen) atoms. The van der Waals surface area contributed by atoms with Crippen molar-refractivity contribution in [1.29, 1.82) is 10.5 Å². The Hall–Kier alpha value is -2.42. The average Bonchev–Trinajstić information content (AvgIpc) is 2.41. The van der Waals surface area contributed by atoms with E-state index in [2.05, 4.69) is 42.9 Å². The van der Waals surface area contributed by atoms with Crippen molar-refractivity contribution in [2.45, 2.75) is 33.2 Å². The summed E-state index contributed by atoms with van der Waals surface area (Å²) >= 11 is 0. The van der Waals surface area contributed by atoms with Crippen molar-refractivity contribution < 1.29 is 4.57 Å². The summed E-state index contributed by atoms with van der Waals surface area (Å²) in [6.45, 7) is 5.48. The minimum Gasteiger partial charge on any atom is -0.762 e. The van der Waals surface area contributed by atoms with Gasteiger partial charge in [-0.3, -0.25) is 0 Å². The van der Waals surface area contributed by atoms with Crippen LogP contribution in [0.2, 0.25) is 0 Å². The van der Waals surface area contributed by atoms with Gasteiger partial charge in [0.2, 0.25) is 0 Å². The number of allylic oxidation sites excluding steroid dienone is 1. The Morgan fingerprint density at radius 1 is 1.28 bits per heavy atom. The van der Waals surface area contributed by atoms with Crippen LogP contribution in [0.25, 0.3) is 5.41 Å². The lowest BCUT2D eigenvalue weighted by Crippen LogP contribution is -2.32. The molecule has 0 atom stereocenters. The quantitative estimate of drug-likeness (QED) is 0.462. The maximum atomic E-state index is 7.79. The molecule has 0 radical (unpaired) electrons. The molecule has 0 aliphatic heterocycles. The Kier molecular flexibility index (Phi) is 8.47. The molecule has 1 rings (SSSR count). The van der Waals surface area contributed by atoms with E-state index in [0.717, 1.165) is 6.54 Å². The lowest BCUT2D eigenvalue weighted by atomic mass is 10.3. The van der Waals surface area contributed by atoms with Crippen LogP contribution in [0.3, 0.4) is 0 Å². The molecule has 0 saturated carbocycles. The second-order valence-corrected chi connectivity index (χ2v) is 3.68. The number of nitrogens with zero attached hydrogens (tertiary/aromatic N) is 4. The fourth-order valence-electron chi connectivity index (χ4n) is 1.10. The molecule has 92 valence electrons. The monoisotopic (exact) mass is 240 g/mol. The first kappa shape index (κ1) is 15.6. The summed E-state index contributed by atoms with van der Waals surface area (Å²) in [6.07, 6.45) is 6.82. The zero-order valence-corrected chi connectivity index (χ0v) is 10.7. The standard InChI is InChI=1S/C10H16N.C4N3/c1-3-4-7-11-8-5-10(2)6-9-11;5-1-4(2-6)3-7/h5-6,8-9H,3-4,7H2,1-2H3;/q+1;-1. The summed E-state index contributed by atoms with van der Waals surface area (Å²) in [5, 5.41) is 23.4. The Labute approximate surface area is 108 Å². The normalized spacial score (nSPS) is 8.00. The highest BCUT2D eigenvalue weighted by atomic mass is 14.9. The zero-order valence-electron chi connectivity index (χ0n) is 10.7. The summed E-state index contributed by atoms with van der Waals surface area (Å²) < 4.78 is 2.23. The Morgan fingerprint density at radius 2 is 1.83 bits per heavy atom. The van der Waals surface area contributed by atoms with Gasteiger partial charge in [-0.1, -0.05) is 13.3 Å². The number of rotatable bonds is 3. The van der Waals surface area contributed by atoms with Gasteiger partial charge in [0.25, 0.3) is 0 Å². The molecule has 0 N–H and O–H groups in total. The van der Waals surface area contributed by atoms with Crippen molar-refractivity contribution >= 4 is 5.87 Å². The van der Waals surface area contributed by atoms with Gasteiger partial charge in [-0.05, 0) is 12.5 Å². The zero-order chi connectivity index (χ0) is 13.8. The fraction of sp³-hybridized carbons (Fsp3) is 0.357. The van der Waals surface area contributed by atoms with Crippen LogP contribution >= 0.6 is 0 Å². The first-order valence-electron chi connectivity index (χ1n) is 5.70. The van der Waals surface area contributed by atoms with E-state index in [0.29, 0.717) is 0 Å². The lowest BCUT2D eigenvalue weighted by molar-refractivity contribution is -0.697. The van der Waals surface area contributed by atoms with E-state index in [-0.39, 0.29) is 0 Å². The first-order valence-corrected chi connectivity index (χ1v) is 5.70. The van der Waals surface area contributed by atoms with Gasteiger partial charge >= 0.3 is 0 Å². The van der Waals surface area contributed by atoms with Gasteiger partial charge in [0, 0.05) is 18.6 Å². The van der Waals surface area contributed by atoms with Gasteiger partial charge in [-0.15, -0.1) is 0 Å². The largest absolute Gasteiger partial charge is 0.762 e. The van der Waals surface area contributed by atoms with Gasteiger partial charge in [-0.2, -0.15) is 10.5 Å². The summed E-state index contributed by atoms with van der Waals surface area (Å²) in [5.41, 5.74) is 0.928. The molecule has 0 aliphatic carbocycles. The summed E-state index contributed by atoms with van der Waals surface area (Å²) in [5.74, 6) is 1.40. The van der Waals surface area contributed by atoms with Gasteiger partial charge in [0.05, 0.1) is 0 Å². The third kappa shape index (κ3) is 6.95. The van der Waals surface area contributed by atoms with Crippen LogP contribution in [-0.2, 0) is 6.54 Å². The second kappa shape index (κ2) is 9.78. The van der Waals surface area contributed by atoms with E-state index >= 15 is 0 Å². The molecule has 0 amide bonds. The van der Waals surface area contributed by atoms with E-state index in [4.69, 9.17) is 15.9 Å². The van der Waals surface area contributed by atoms with E-state index in [9.17, 15) is 0 Å². The number of aryl methyl sites for hydroxylation is 2. The van der Waals surface area contributed by atoms with E-state index in [1.807, 2.05) is 0 Å². The number of hydrogen-bond acceptors (Lipinski definition) is 2. The molecule has 4 heteroatoms. The molecule has 0 spiro atoms. The number of nitriles is 2. The Morgan fingerprint density at radius 3 is 2.17 bits per heavy atom. The highest BCUT2D eigenvalue weighted by Crippen LogP contribution is 1.91. The van der Waals surface area contributed by atoms with Crippen molar-refractivity contribution in [2.24, 2.45) is 0 Å². The third-order valence-corrected chi connectivity index (χ3v) is 2.16. The van der Waals surface area contributed by atoms with Crippen molar-refractivity contribution in [3.05, 3.63) is 41.1 Å². The number of pyridine rings is 1. The smallest absolute Gasteiger partial charge is 0.169 e. The lowest BCUT2D eigenvalue weighted by Gasteiger charge is -1.94. The molecule has 0 aromatic carbocycles. The topological polar surface area (TPSA) is 73.8 Å². The van der Waals surface area contributed by atoms with Crippen molar-refractivity contribution in [3.63, 3.8) is 0 Å². The molecule has 1 heterocycles. The van der Waals surface area contributed by atoms with Crippen molar-refractivity contribution in [1.82, 2.24) is 0 Å². The predicted molar refractivity (Wildman–Crippen MR) is 69.4 cm³/mol. The Bertz CT molecular complexity index is 466. The number of aromatic nitrogens is 1. The van der Waals surface area contributed by atoms with Crippen LogP contribution in [0.5, 0.6) is 0 Å². The maximum Gasteiger partial charge on any atom is 0.169 e. The highest BCUT2D eigenvalue weighted by Gasteiger charge is 1.95. The summed E-state index contributed by atoms with van der Waals surface area (Å²) in [6, 6.07) is 7.09. The molecule has 0 saturated heterocycles. The van der Waals surface area contributed by atoms with Crippen molar-refractivity contribution in [2.75, 3.05) is 0 Å². The Balaban J connectivity index is 0.000000360. The fourth-order valence-corrected chi connectivity index (χ4v) is 1.10. The molecule has 1 aromatic rings. The molecule has 0 unspecified atom stereocenters. The van der Waals surface area contributed by atoms with Gasteiger partial charge < -0.3 is 5.41 Å². The van der Waals surface area contributed by atoms with Crippen LogP contribution in [0, 0.1) is 29.6 Å². The minimum atomic E-state index is -0.403. The second-order valence-electron chi connectivity index (χ2n) is 3.68. The van der Waals surface area contributed by atoms with E-state index in [1.54, 1.807) is 0 Å². The van der Waals surface area contributed by atoms with Crippen LogP contribution < -0.4 is 4.57 Å². The predicted octanol–water partition coefficient (Wildman–Crippen LogP) is 2.28. The molecule has 0 bridgehead atoms. The average molecular weight is 240 g/mol. The van der Waals surface area contributed by atoms with Crippen LogP contribution in [-0.4, -0.2) is 5.87 Å². The molecular formula is C14H16N4. The van der Waals surface area contributed by atoms with Gasteiger partial charge in [-0.25, -0.2) is 10.4 Å². The maximum absolute atomic E-state index is 7.79. The molecular weight excluding hydrogens is 224 g/mol. The van der Waals surface area contributed by atoms with Crippen LogP contribution in [0.4, 0.5) is 0 Å². The molecule has 0 aliphatic rings. The van der Waals surface area contributed by atoms with E-state index in [1.165, 1.54) is 36.4 Å². The third-order valence-electron chi connectivity index (χ3n) is 2.16. The van der Waals surface area contributed by atoms with Gasteiger partial charge in [0.1, 0.15) is 24.3 Å². The summed E-state index contributed by atoms with van der Waals surface area (Å²) in [4.78, 5) is 0. The van der Waals surface area contributed by atoms with Crippen LogP contribution in [0.1, 0.15) is 25.3 Å². The van der Waals surface area contributed by atoms with Gasteiger partial charge in [0.15, 0.2) is 12.4 Å².